The number of likely N-dealkylation sites (N-methyl/N-ethyl adjacent to an activating group) is 1. The second-order valence-electron chi connectivity index (χ2n) is 11.8. The smallest absolute Gasteiger partial charge is 0.253 e. The number of pyridine rings is 1. The molecule has 9 heteroatoms. The Bertz CT molecular complexity index is 1720. The van der Waals surface area contributed by atoms with Crippen molar-refractivity contribution in [3.05, 3.63) is 124 Å². The molecule has 1 unspecified atom stereocenters. The Hall–Kier alpha value is -3.91. The molecule has 1 atom stereocenters. The summed E-state index contributed by atoms with van der Waals surface area (Å²) in [6, 6.07) is 28.0. The number of fused-ring (bicyclic) bond motifs is 1. The van der Waals surface area contributed by atoms with E-state index in [-0.39, 0.29) is 11.8 Å². The van der Waals surface area contributed by atoms with Gasteiger partial charge in [0.25, 0.3) is 5.91 Å². The summed E-state index contributed by atoms with van der Waals surface area (Å²) in [5.41, 5.74) is 5.04. The number of nitrogens with one attached hydrogen (secondary N) is 1. The normalized spacial score (nSPS) is 14.8. The standard InChI is InChI=1S/C36H38Cl2N6O/c1-42(35(45)27-9-3-2-4-10-27)25-29(28-13-14-31(37)32(38)22-28)15-19-43-20-16-30(17-21-43)40-36-41-33-11-5-6-12-34(33)44(36)24-26-8-7-18-39-23-26/h2-14,18,22-23,29-30H,15-17,19-21,24-25H2,1H3,(H,40,41). The number of halogens is 2. The molecule has 0 saturated carbocycles. The largest absolute Gasteiger partial charge is 0.353 e. The van der Waals surface area contributed by atoms with Gasteiger partial charge in [0.2, 0.25) is 5.95 Å². The molecule has 1 amide bonds. The fraction of sp³-hybridized carbons (Fsp3) is 0.306. The maximum atomic E-state index is 13.2. The first-order valence-corrected chi connectivity index (χ1v) is 16.3. The van der Waals surface area contributed by atoms with E-state index in [1.54, 1.807) is 6.20 Å². The summed E-state index contributed by atoms with van der Waals surface area (Å²) in [5.74, 6) is 1.05. The summed E-state index contributed by atoms with van der Waals surface area (Å²) in [4.78, 5) is 26.8. The number of carbonyl (C=O) groups is 1. The molecule has 1 saturated heterocycles. The third-order valence-corrected chi connectivity index (χ3v) is 9.45. The Kier molecular flexibility index (Phi) is 9.99. The van der Waals surface area contributed by atoms with Crippen molar-refractivity contribution < 1.29 is 4.79 Å². The van der Waals surface area contributed by atoms with Gasteiger partial charge in [-0.1, -0.05) is 65.7 Å². The molecule has 5 aromatic rings. The van der Waals surface area contributed by atoms with E-state index in [0.29, 0.717) is 34.7 Å². The lowest BCUT2D eigenvalue weighted by Gasteiger charge is -2.34. The van der Waals surface area contributed by atoms with Crippen molar-refractivity contribution in [2.45, 2.75) is 37.8 Å². The van der Waals surface area contributed by atoms with E-state index < -0.39 is 0 Å². The van der Waals surface area contributed by atoms with Gasteiger partial charge in [0.15, 0.2) is 0 Å². The van der Waals surface area contributed by atoms with Gasteiger partial charge in [-0.05, 0) is 79.4 Å². The number of hydrogen-bond acceptors (Lipinski definition) is 5. The molecule has 0 radical (unpaired) electrons. The second-order valence-corrected chi connectivity index (χ2v) is 12.7. The Balaban J connectivity index is 1.09. The zero-order chi connectivity index (χ0) is 31.2. The molecule has 0 bridgehead atoms. The van der Waals surface area contributed by atoms with Crippen molar-refractivity contribution in [2.24, 2.45) is 0 Å². The maximum Gasteiger partial charge on any atom is 0.253 e. The number of imidazole rings is 1. The van der Waals surface area contributed by atoms with E-state index in [1.807, 2.05) is 78.8 Å². The van der Waals surface area contributed by atoms with E-state index >= 15 is 0 Å². The van der Waals surface area contributed by atoms with E-state index in [0.717, 1.165) is 67.0 Å². The molecule has 1 fully saturated rings. The van der Waals surface area contributed by atoms with E-state index in [4.69, 9.17) is 28.2 Å². The first-order valence-electron chi connectivity index (χ1n) is 15.5. The number of rotatable bonds is 11. The minimum Gasteiger partial charge on any atom is -0.353 e. The van der Waals surface area contributed by atoms with Crippen molar-refractivity contribution in [2.75, 3.05) is 38.5 Å². The topological polar surface area (TPSA) is 66.3 Å². The van der Waals surface area contributed by atoms with Crippen LogP contribution in [0.4, 0.5) is 5.95 Å². The molecule has 2 aromatic heterocycles. The average Bonchev–Trinajstić information content (AvgIpc) is 3.41. The summed E-state index contributed by atoms with van der Waals surface area (Å²) < 4.78 is 2.26. The summed E-state index contributed by atoms with van der Waals surface area (Å²) >= 11 is 12.7. The minimum atomic E-state index is 0.0158. The minimum absolute atomic E-state index is 0.0158. The quantitative estimate of drug-likeness (QED) is 0.161. The second kappa shape index (κ2) is 14.5. The Morgan fingerprint density at radius 1 is 0.978 bits per heavy atom. The fourth-order valence-corrected chi connectivity index (χ4v) is 6.49. The SMILES string of the molecule is CN(CC(CCN1CCC(Nc2nc3ccccc3n2Cc2cccnc2)CC1)c1ccc(Cl)c(Cl)c1)C(=O)c1ccccc1. The van der Waals surface area contributed by atoms with Crippen molar-refractivity contribution in [3.63, 3.8) is 0 Å². The third-order valence-electron chi connectivity index (χ3n) is 8.71. The molecule has 3 heterocycles. The Labute approximate surface area is 274 Å². The number of aromatic nitrogens is 3. The number of benzene rings is 3. The van der Waals surface area contributed by atoms with Gasteiger partial charge in [-0.25, -0.2) is 4.98 Å². The molecule has 1 N–H and O–H groups in total. The van der Waals surface area contributed by atoms with Crippen LogP contribution in [0.2, 0.25) is 10.0 Å². The van der Waals surface area contributed by atoms with Crippen LogP contribution in [0.15, 0.2) is 97.3 Å². The van der Waals surface area contributed by atoms with Gasteiger partial charge in [-0.2, -0.15) is 0 Å². The third kappa shape index (κ3) is 7.67. The summed E-state index contributed by atoms with van der Waals surface area (Å²) in [5, 5.41) is 4.85. The fourth-order valence-electron chi connectivity index (χ4n) is 6.19. The van der Waals surface area contributed by atoms with Crippen LogP contribution < -0.4 is 5.32 Å². The van der Waals surface area contributed by atoms with Gasteiger partial charge in [0.1, 0.15) is 0 Å². The van der Waals surface area contributed by atoms with Crippen LogP contribution in [0.1, 0.15) is 46.7 Å². The van der Waals surface area contributed by atoms with Gasteiger partial charge < -0.3 is 19.7 Å². The molecule has 6 rings (SSSR count). The molecule has 232 valence electrons. The predicted molar refractivity (Wildman–Crippen MR) is 183 cm³/mol. The molecule has 45 heavy (non-hydrogen) atoms. The van der Waals surface area contributed by atoms with Crippen LogP contribution in [0.25, 0.3) is 11.0 Å². The maximum absolute atomic E-state index is 13.2. The van der Waals surface area contributed by atoms with Crippen LogP contribution in [0.5, 0.6) is 0 Å². The average molecular weight is 642 g/mol. The monoisotopic (exact) mass is 640 g/mol. The molecular formula is C36H38Cl2N6O. The first-order chi connectivity index (χ1) is 21.9. The first kappa shape index (κ1) is 31.1. The Morgan fingerprint density at radius 3 is 2.51 bits per heavy atom. The van der Waals surface area contributed by atoms with E-state index in [9.17, 15) is 4.79 Å². The van der Waals surface area contributed by atoms with Gasteiger partial charge in [-0.3, -0.25) is 9.78 Å². The van der Waals surface area contributed by atoms with Crippen molar-refractivity contribution in [3.8, 4) is 0 Å². The van der Waals surface area contributed by atoms with Crippen LogP contribution >= 0.6 is 23.2 Å². The van der Waals surface area contributed by atoms with Gasteiger partial charge >= 0.3 is 0 Å². The van der Waals surface area contributed by atoms with Crippen LogP contribution in [-0.2, 0) is 6.54 Å². The molecular weight excluding hydrogens is 603 g/mol. The molecule has 0 aliphatic carbocycles. The number of nitrogens with zero attached hydrogens (tertiary/aromatic N) is 5. The highest BCUT2D eigenvalue weighted by Gasteiger charge is 2.24. The summed E-state index contributed by atoms with van der Waals surface area (Å²) in [6.07, 6.45) is 6.68. The highest BCUT2D eigenvalue weighted by Crippen LogP contribution is 2.30. The van der Waals surface area contributed by atoms with E-state index in [1.165, 1.54) is 0 Å². The zero-order valence-electron chi connectivity index (χ0n) is 25.4. The van der Waals surface area contributed by atoms with Crippen molar-refractivity contribution in [1.82, 2.24) is 24.3 Å². The van der Waals surface area contributed by atoms with Crippen LogP contribution in [0.3, 0.4) is 0 Å². The molecule has 1 aliphatic heterocycles. The predicted octanol–water partition coefficient (Wildman–Crippen LogP) is 7.61. The van der Waals surface area contributed by atoms with Gasteiger partial charge in [0.05, 0.1) is 27.6 Å². The summed E-state index contributed by atoms with van der Waals surface area (Å²) in [6.45, 7) is 4.23. The summed E-state index contributed by atoms with van der Waals surface area (Å²) in [7, 11) is 1.87. The number of amides is 1. The lowest BCUT2D eigenvalue weighted by atomic mass is 9.94. The van der Waals surface area contributed by atoms with Gasteiger partial charge in [0, 0.05) is 56.6 Å². The van der Waals surface area contributed by atoms with Crippen LogP contribution in [-0.4, -0.2) is 69.5 Å². The molecule has 7 nitrogen and oxygen atoms in total. The number of piperidine rings is 1. The number of hydrogen-bond donors (Lipinski definition) is 1. The molecule has 0 spiro atoms. The molecule has 1 aliphatic rings. The molecule has 3 aromatic carbocycles. The van der Waals surface area contributed by atoms with Gasteiger partial charge in [-0.15, -0.1) is 0 Å². The Morgan fingerprint density at radius 2 is 1.76 bits per heavy atom. The highest BCUT2D eigenvalue weighted by molar-refractivity contribution is 6.42. The number of para-hydroxylation sites is 2. The van der Waals surface area contributed by atoms with Crippen LogP contribution in [0, 0.1) is 0 Å². The number of carbonyl (C=O) groups excluding carboxylic acids is 1. The van der Waals surface area contributed by atoms with E-state index in [2.05, 4.69) is 44.0 Å². The zero-order valence-corrected chi connectivity index (χ0v) is 27.0. The van der Waals surface area contributed by atoms with Crippen molar-refractivity contribution >= 4 is 46.1 Å². The lowest BCUT2D eigenvalue weighted by molar-refractivity contribution is 0.0782. The highest BCUT2D eigenvalue weighted by atomic mass is 35.5. The number of likely N-dealkylation sites (tertiary alicyclic amines) is 1. The lowest BCUT2D eigenvalue weighted by Crippen LogP contribution is -2.40. The van der Waals surface area contributed by atoms with Crippen molar-refractivity contribution in [1.29, 1.82) is 0 Å². The number of anilines is 1.